The first-order valence-electron chi connectivity index (χ1n) is 7.37. The number of ether oxygens (including phenoxy) is 2. The van der Waals surface area contributed by atoms with E-state index in [4.69, 9.17) is 4.74 Å². The Hall–Kier alpha value is -2.04. The van der Waals surface area contributed by atoms with Gasteiger partial charge < -0.3 is 14.8 Å². The summed E-state index contributed by atoms with van der Waals surface area (Å²) in [6.45, 7) is 0. The predicted octanol–water partition coefficient (Wildman–Crippen LogP) is 2.22. The molecule has 1 aliphatic carbocycles. The van der Waals surface area contributed by atoms with Crippen LogP contribution in [0, 0.1) is 0 Å². The van der Waals surface area contributed by atoms with Crippen LogP contribution in [0.1, 0.15) is 36.8 Å². The minimum atomic E-state index is -0.627. The number of carbonyl (C=O) groups is 2. The normalized spacial score (nSPS) is 19.9. The summed E-state index contributed by atoms with van der Waals surface area (Å²) in [5, 5.41) is 2.89. The SMILES string of the molecule is COC(=O)CC[C@H]1Oc2cc3c(cc2NC1=O)CCCC3. The van der Waals surface area contributed by atoms with E-state index in [1.165, 1.54) is 31.1 Å². The molecule has 5 heteroatoms. The summed E-state index contributed by atoms with van der Waals surface area (Å²) in [5.74, 6) is 0.190. The highest BCUT2D eigenvalue weighted by molar-refractivity contribution is 5.98. The predicted molar refractivity (Wildman–Crippen MR) is 77.4 cm³/mol. The lowest BCUT2D eigenvalue weighted by Crippen LogP contribution is -2.37. The highest BCUT2D eigenvalue weighted by Crippen LogP contribution is 2.36. The first kappa shape index (κ1) is 13.9. The fraction of sp³-hybridized carbons (Fsp3) is 0.500. The Kier molecular flexibility index (Phi) is 3.82. The summed E-state index contributed by atoms with van der Waals surface area (Å²) in [5.41, 5.74) is 3.36. The molecule has 1 N–H and O–H groups in total. The number of nitrogens with one attached hydrogen (secondary N) is 1. The molecule has 0 bridgehead atoms. The third kappa shape index (κ3) is 2.86. The molecule has 1 atom stereocenters. The van der Waals surface area contributed by atoms with Gasteiger partial charge in [0.05, 0.1) is 12.8 Å². The van der Waals surface area contributed by atoms with Crippen LogP contribution < -0.4 is 10.1 Å². The number of methoxy groups -OCH3 is 1. The van der Waals surface area contributed by atoms with Gasteiger partial charge in [0.25, 0.3) is 5.91 Å². The zero-order valence-corrected chi connectivity index (χ0v) is 12.1. The molecule has 1 amide bonds. The van der Waals surface area contributed by atoms with Gasteiger partial charge in [0.2, 0.25) is 0 Å². The maximum atomic E-state index is 12.0. The van der Waals surface area contributed by atoms with E-state index in [-0.39, 0.29) is 18.3 Å². The van der Waals surface area contributed by atoms with E-state index in [1.54, 1.807) is 0 Å². The first-order chi connectivity index (χ1) is 10.2. The zero-order chi connectivity index (χ0) is 14.8. The summed E-state index contributed by atoms with van der Waals surface area (Å²) in [6.07, 6.45) is 4.39. The molecular weight excluding hydrogens is 270 g/mol. The van der Waals surface area contributed by atoms with E-state index in [9.17, 15) is 9.59 Å². The van der Waals surface area contributed by atoms with Crippen LogP contribution in [-0.2, 0) is 27.2 Å². The van der Waals surface area contributed by atoms with Gasteiger partial charge in [-0.3, -0.25) is 9.59 Å². The number of fused-ring (bicyclic) bond motifs is 2. The molecule has 0 aromatic heterocycles. The molecule has 1 heterocycles. The van der Waals surface area contributed by atoms with E-state index < -0.39 is 6.10 Å². The smallest absolute Gasteiger partial charge is 0.305 e. The van der Waals surface area contributed by atoms with Crippen LogP contribution in [0.2, 0.25) is 0 Å². The van der Waals surface area contributed by atoms with Crippen molar-refractivity contribution in [2.75, 3.05) is 12.4 Å². The van der Waals surface area contributed by atoms with Gasteiger partial charge in [-0.2, -0.15) is 0 Å². The second-order valence-corrected chi connectivity index (χ2v) is 5.53. The van der Waals surface area contributed by atoms with Crippen molar-refractivity contribution in [3.8, 4) is 5.75 Å². The summed E-state index contributed by atoms with van der Waals surface area (Å²) < 4.78 is 10.4. The van der Waals surface area contributed by atoms with Gasteiger partial charge in [0.1, 0.15) is 5.75 Å². The van der Waals surface area contributed by atoms with Crippen LogP contribution in [0.5, 0.6) is 5.75 Å². The Balaban J connectivity index is 1.77. The fourth-order valence-electron chi connectivity index (χ4n) is 2.92. The molecule has 3 rings (SSSR count). The topological polar surface area (TPSA) is 64.6 Å². The van der Waals surface area contributed by atoms with E-state index >= 15 is 0 Å². The number of benzene rings is 1. The lowest BCUT2D eigenvalue weighted by molar-refractivity contribution is -0.141. The maximum absolute atomic E-state index is 12.0. The number of hydrogen-bond donors (Lipinski definition) is 1. The standard InChI is InChI=1S/C16H19NO4/c1-20-15(18)7-6-13-16(19)17-12-8-10-4-2-3-5-11(10)9-14(12)21-13/h8-9,13H,2-7H2,1H3,(H,17,19)/t13-/m1/s1. The number of esters is 1. The van der Waals surface area contributed by atoms with Crippen molar-refractivity contribution in [2.45, 2.75) is 44.6 Å². The molecule has 112 valence electrons. The number of carbonyl (C=O) groups excluding carboxylic acids is 2. The van der Waals surface area contributed by atoms with Crippen molar-refractivity contribution in [3.63, 3.8) is 0 Å². The third-order valence-corrected chi connectivity index (χ3v) is 4.10. The van der Waals surface area contributed by atoms with Gasteiger partial charge in [0.15, 0.2) is 6.10 Å². The second kappa shape index (κ2) is 5.76. The average Bonchev–Trinajstić information content (AvgIpc) is 2.50. The van der Waals surface area contributed by atoms with Crippen molar-refractivity contribution in [1.29, 1.82) is 0 Å². The van der Waals surface area contributed by atoms with E-state index in [0.717, 1.165) is 18.5 Å². The molecule has 0 fully saturated rings. The van der Waals surface area contributed by atoms with Crippen molar-refractivity contribution in [3.05, 3.63) is 23.3 Å². The molecular formula is C16H19NO4. The Bertz CT molecular complexity index is 582. The van der Waals surface area contributed by atoms with Gasteiger partial charge in [-0.25, -0.2) is 0 Å². The summed E-state index contributed by atoms with van der Waals surface area (Å²) in [6, 6.07) is 4.06. The summed E-state index contributed by atoms with van der Waals surface area (Å²) in [4.78, 5) is 23.2. The molecule has 0 radical (unpaired) electrons. The Morgan fingerprint density at radius 2 is 2.05 bits per heavy atom. The Morgan fingerprint density at radius 1 is 1.33 bits per heavy atom. The van der Waals surface area contributed by atoms with Crippen LogP contribution in [-0.4, -0.2) is 25.1 Å². The fourth-order valence-corrected chi connectivity index (χ4v) is 2.92. The maximum Gasteiger partial charge on any atom is 0.305 e. The zero-order valence-electron chi connectivity index (χ0n) is 12.1. The van der Waals surface area contributed by atoms with Gasteiger partial charge in [-0.05, 0) is 48.9 Å². The van der Waals surface area contributed by atoms with E-state index in [0.29, 0.717) is 12.2 Å². The molecule has 1 aromatic rings. The highest BCUT2D eigenvalue weighted by Gasteiger charge is 2.29. The summed E-state index contributed by atoms with van der Waals surface area (Å²) >= 11 is 0. The number of aryl methyl sites for hydroxylation is 2. The highest BCUT2D eigenvalue weighted by atomic mass is 16.5. The molecule has 2 aliphatic rings. The van der Waals surface area contributed by atoms with Gasteiger partial charge in [-0.15, -0.1) is 0 Å². The number of hydrogen-bond acceptors (Lipinski definition) is 4. The van der Waals surface area contributed by atoms with Crippen molar-refractivity contribution in [2.24, 2.45) is 0 Å². The molecule has 0 spiro atoms. The van der Waals surface area contributed by atoms with Gasteiger partial charge >= 0.3 is 5.97 Å². The van der Waals surface area contributed by atoms with Crippen LogP contribution in [0.15, 0.2) is 12.1 Å². The van der Waals surface area contributed by atoms with Crippen LogP contribution in [0.4, 0.5) is 5.69 Å². The molecule has 0 unspecified atom stereocenters. The van der Waals surface area contributed by atoms with E-state index in [1.807, 2.05) is 12.1 Å². The third-order valence-electron chi connectivity index (χ3n) is 4.10. The molecule has 1 aliphatic heterocycles. The van der Waals surface area contributed by atoms with Gasteiger partial charge in [0, 0.05) is 12.8 Å². The average molecular weight is 289 g/mol. The van der Waals surface area contributed by atoms with Crippen LogP contribution >= 0.6 is 0 Å². The van der Waals surface area contributed by atoms with Crippen molar-refractivity contribution in [1.82, 2.24) is 0 Å². The lowest BCUT2D eigenvalue weighted by Gasteiger charge is -2.28. The monoisotopic (exact) mass is 289 g/mol. The quantitative estimate of drug-likeness (QED) is 0.867. The van der Waals surface area contributed by atoms with E-state index in [2.05, 4.69) is 10.1 Å². The Morgan fingerprint density at radius 3 is 2.76 bits per heavy atom. The number of amides is 1. The minimum Gasteiger partial charge on any atom is -0.478 e. The van der Waals surface area contributed by atoms with Crippen molar-refractivity contribution < 1.29 is 19.1 Å². The van der Waals surface area contributed by atoms with Crippen molar-refractivity contribution >= 4 is 17.6 Å². The molecule has 5 nitrogen and oxygen atoms in total. The number of anilines is 1. The molecule has 0 saturated carbocycles. The molecule has 0 saturated heterocycles. The number of rotatable bonds is 3. The second-order valence-electron chi connectivity index (χ2n) is 5.53. The summed E-state index contributed by atoms with van der Waals surface area (Å²) in [7, 11) is 1.34. The van der Waals surface area contributed by atoms with Gasteiger partial charge in [-0.1, -0.05) is 0 Å². The Labute approximate surface area is 123 Å². The van der Waals surface area contributed by atoms with Crippen LogP contribution in [0.3, 0.4) is 0 Å². The van der Waals surface area contributed by atoms with Crippen LogP contribution in [0.25, 0.3) is 0 Å². The minimum absolute atomic E-state index is 0.175. The first-order valence-corrected chi connectivity index (χ1v) is 7.37. The molecule has 1 aromatic carbocycles. The lowest BCUT2D eigenvalue weighted by atomic mass is 9.90. The largest absolute Gasteiger partial charge is 0.478 e. The molecule has 21 heavy (non-hydrogen) atoms.